The van der Waals surface area contributed by atoms with Crippen molar-refractivity contribution in [3.05, 3.63) is 0 Å². The minimum atomic E-state index is -0.677. The van der Waals surface area contributed by atoms with Crippen LogP contribution in [-0.2, 0) is 4.79 Å². The van der Waals surface area contributed by atoms with Crippen molar-refractivity contribution in [1.29, 1.82) is 0 Å². The molecule has 0 spiro atoms. The monoisotopic (exact) mass is 175 g/mol. The molecule has 1 heterocycles. The average Bonchev–Trinajstić information content (AvgIpc) is 2.05. The number of carbonyl (C=O) groups is 1. The Morgan fingerprint density at radius 3 is 3.00 bits per heavy atom. The summed E-state index contributed by atoms with van der Waals surface area (Å²) in [6.45, 7) is 2.61. The first-order valence-electron chi connectivity index (χ1n) is 3.79. The van der Waals surface area contributed by atoms with Crippen molar-refractivity contribution in [3.63, 3.8) is 0 Å². The third-order valence-corrected chi connectivity index (χ3v) is 2.95. The van der Waals surface area contributed by atoms with E-state index in [4.69, 9.17) is 5.11 Å². The smallest absolute Gasteiger partial charge is 0.306 e. The van der Waals surface area contributed by atoms with Gasteiger partial charge in [-0.15, -0.1) is 0 Å². The third kappa shape index (κ3) is 2.38. The third-order valence-electron chi connectivity index (χ3n) is 2.13. The number of hydrogen-bond donors (Lipinski definition) is 2. The van der Waals surface area contributed by atoms with Crippen LogP contribution in [0.1, 0.15) is 13.3 Å². The topological polar surface area (TPSA) is 49.3 Å². The van der Waals surface area contributed by atoms with Crippen LogP contribution in [0.25, 0.3) is 0 Å². The van der Waals surface area contributed by atoms with Crippen molar-refractivity contribution in [3.8, 4) is 0 Å². The lowest BCUT2D eigenvalue weighted by Gasteiger charge is -2.24. The Labute approximate surface area is 70.7 Å². The van der Waals surface area contributed by atoms with Crippen molar-refractivity contribution in [1.82, 2.24) is 4.72 Å². The highest BCUT2D eigenvalue weighted by Gasteiger charge is 2.24. The molecule has 3 nitrogen and oxygen atoms in total. The van der Waals surface area contributed by atoms with E-state index in [0.717, 1.165) is 18.7 Å². The van der Waals surface area contributed by atoms with Crippen LogP contribution in [0, 0.1) is 11.8 Å². The first-order chi connectivity index (χ1) is 5.22. The van der Waals surface area contributed by atoms with Crippen LogP contribution >= 0.6 is 11.9 Å². The quantitative estimate of drug-likeness (QED) is 0.614. The van der Waals surface area contributed by atoms with E-state index in [-0.39, 0.29) is 5.92 Å². The van der Waals surface area contributed by atoms with Crippen LogP contribution < -0.4 is 4.72 Å². The Kier molecular flexibility index (Phi) is 3.20. The molecule has 0 radical (unpaired) electrons. The maximum atomic E-state index is 10.6. The summed E-state index contributed by atoms with van der Waals surface area (Å²) in [6, 6.07) is 0. The van der Waals surface area contributed by atoms with Gasteiger partial charge in [0.1, 0.15) is 0 Å². The van der Waals surface area contributed by atoms with Crippen molar-refractivity contribution < 1.29 is 9.90 Å². The summed E-state index contributed by atoms with van der Waals surface area (Å²) in [4.78, 5) is 10.6. The largest absolute Gasteiger partial charge is 0.481 e. The van der Waals surface area contributed by atoms with Gasteiger partial charge < -0.3 is 5.11 Å². The molecule has 0 amide bonds. The lowest BCUT2D eigenvalue weighted by Crippen LogP contribution is -2.32. The van der Waals surface area contributed by atoms with E-state index in [1.54, 1.807) is 18.9 Å². The SMILES string of the molecule is CC(C(=O)O)C1CCSNC1. The van der Waals surface area contributed by atoms with Crippen molar-refractivity contribution >= 4 is 17.9 Å². The Morgan fingerprint density at radius 1 is 1.82 bits per heavy atom. The van der Waals surface area contributed by atoms with Gasteiger partial charge >= 0.3 is 5.97 Å². The molecule has 1 rings (SSSR count). The molecule has 1 fully saturated rings. The molecule has 4 heteroatoms. The van der Waals surface area contributed by atoms with Gasteiger partial charge in [0.05, 0.1) is 5.92 Å². The molecule has 64 valence electrons. The highest BCUT2D eigenvalue weighted by atomic mass is 32.2. The fraction of sp³-hybridized carbons (Fsp3) is 0.857. The molecule has 1 saturated heterocycles. The first-order valence-corrected chi connectivity index (χ1v) is 4.78. The van der Waals surface area contributed by atoms with Crippen molar-refractivity contribution in [2.24, 2.45) is 11.8 Å². The average molecular weight is 175 g/mol. The molecule has 0 saturated carbocycles. The van der Waals surface area contributed by atoms with Gasteiger partial charge in [0.25, 0.3) is 0 Å². The Hall–Kier alpha value is -0.220. The molecule has 0 aromatic carbocycles. The van der Waals surface area contributed by atoms with Crippen molar-refractivity contribution in [2.75, 3.05) is 12.3 Å². The summed E-state index contributed by atoms with van der Waals surface area (Å²) < 4.78 is 3.12. The van der Waals surface area contributed by atoms with E-state index in [1.807, 2.05) is 0 Å². The summed E-state index contributed by atoms with van der Waals surface area (Å²) in [5.41, 5.74) is 0. The summed E-state index contributed by atoms with van der Waals surface area (Å²) in [6.07, 6.45) is 1.02. The van der Waals surface area contributed by atoms with E-state index in [0.29, 0.717) is 5.92 Å². The second-order valence-corrected chi connectivity index (χ2v) is 3.86. The number of hydrogen-bond acceptors (Lipinski definition) is 3. The van der Waals surface area contributed by atoms with Crippen LogP contribution in [0.4, 0.5) is 0 Å². The zero-order chi connectivity index (χ0) is 8.27. The summed E-state index contributed by atoms with van der Waals surface area (Å²) >= 11 is 1.68. The molecular formula is C7H13NO2S. The zero-order valence-electron chi connectivity index (χ0n) is 6.54. The predicted octanol–water partition coefficient (Wildman–Crippen LogP) is 0.965. The van der Waals surface area contributed by atoms with Gasteiger partial charge in [-0.1, -0.05) is 18.9 Å². The summed E-state index contributed by atoms with van der Waals surface area (Å²) in [7, 11) is 0. The maximum Gasteiger partial charge on any atom is 0.306 e. The molecule has 0 bridgehead atoms. The number of carboxylic acid groups (broad SMARTS) is 1. The standard InChI is InChI=1S/C7H13NO2S/c1-5(7(9)10)6-2-3-11-8-4-6/h5-6,8H,2-4H2,1H3,(H,9,10). The van der Waals surface area contributed by atoms with Crippen LogP contribution in [-0.4, -0.2) is 23.4 Å². The molecule has 0 aromatic rings. The molecule has 2 unspecified atom stereocenters. The van der Waals surface area contributed by atoms with Crippen LogP contribution in [0.5, 0.6) is 0 Å². The minimum Gasteiger partial charge on any atom is -0.481 e. The minimum absolute atomic E-state index is 0.205. The molecule has 0 aromatic heterocycles. The number of rotatable bonds is 2. The summed E-state index contributed by atoms with van der Waals surface area (Å²) in [5, 5.41) is 8.70. The fourth-order valence-electron chi connectivity index (χ4n) is 1.18. The zero-order valence-corrected chi connectivity index (χ0v) is 7.36. The van der Waals surface area contributed by atoms with Gasteiger partial charge in [-0.05, 0) is 12.3 Å². The number of carboxylic acids is 1. The van der Waals surface area contributed by atoms with E-state index >= 15 is 0 Å². The molecule has 11 heavy (non-hydrogen) atoms. The summed E-state index contributed by atoms with van der Waals surface area (Å²) in [5.74, 6) is 0.461. The van der Waals surface area contributed by atoms with E-state index < -0.39 is 5.97 Å². The molecule has 1 aliphatic heterocycles. The number of aliphatic carboxylic acids is 1. The second kappa shape index (κ2) is 3.97. The molecule has 2 atom stereocenters. The van der Waals surface area contributed by atoms with E-state index in [1.165, 1.54) is 0 Å². The Bertz CT molecular complexity index is 145. The van der Waals surface area contributed by atoms with Crippen LogP contribution in [0.15, 0.2) is 0 Å². The first kappa shape index (κ1) is 8.87. The maximum absolute atomic E-state index is 10.6. The van der Waals surface area contributed by atoms with Crippen molar-refractivity contribution in [2.45, 2.75) is 13.3 Å². The Balaban J connectivity index is 2.38. The second-order valence-electron chi connectivity index (χ2n) is 2.87. The lowest BCUT2D eigenvalue weighted by atomic mass is 9.92. The van der Waals surface area contributed by atoms with Gasteiger partial charge in [0, 0.05) is 12.3 Å². The molecular weight excluding hydrogens is 162 g/mol. The van der Waals surface area contributed by atoms with Gasteiger partial charge in [0.15, 0.2) is 0 Å². The number of nitrogens with one attached hydrogen (secondary N) is 1. The van der Waals surface area contributed by atoms with Gasteiger partial charge in [0.2, 0.25) is 0 Å². The highest BCUT2D eigenvalue weighted by molar-refractivity contribution is 7.97. The van der Waals surface area contributed by atoms with Crippen LogP contribution in [0.2, 0.25) is 0 Å². The van der Waals surface area contributed by atoms with E-state index in [9.17, 15) is 4.79 Å². The Morgan fingerprint density at radius 2 is 2.55 bits per heavy atom. The molecule has 2 N–H and O–H groups in total. The van der Waals surface area contributed by atoms with Crippen LogP contribution in [0.3, 0.4) is 0 Å². The molecule has 1 aliphatic rings. The van der Waals surface area contributed by atoms with Gasteiger partial charge in [-0.3, -0.25) is 9.52 Å². The lowest BCUT2D eigenvalue weighted by molar-refractivity contribution is -0.142. The predicted molar refractivity (Wildman–Crippen MR) is 45.4 cm³/mol. The fourth-order valence-corrected chi connectivity index (χ4v) is 2.08. The van der Waals surface area contributed by atoms with E-state index in [2.05, 4.69) is 4.72 Å². The highest BCUT2D eigenvalue weighted by Crippen LogP contribution is 2.21. The molecule has 0 aliphatic carbocycles. The van der Waals surface area contributed by atoms with Gasteiger partial charge in [-0.25, -0.2) is 0 Å². The normalized spacial score (nSPS) is 27.9. The van der Waals surface area contributed by atoms with Gasteiger partial charge in [-0.2, -0.15) is 0 Å².